The van der Waals surface area contributed by atoms with Crippen molar-refractivity contribution in [2.75, 3.05) is 14.1 Å². The van der Waals surface area contributed by atoms with Crippen molar-refractivity contribution in [1.29, 1.82) is 0 Å². The third-order valence-corrected chi connectivity index (χ3v) is 4.93. The van der Waals surface area contributed by atoms with E-state index in [-0.39, 0.29) is 0 Å². The van der Waals surface area contributed by atoms with Crippen LogP contribution in [-0.4, -0.2) is 30.7 Å². The summed E-state index contributed by atoms with van der Waals surface area (Å²) in [5.74, 6) is 3.07. The quantitative estimate of drug-likeness (QED) is 0.300. The van der Waals surface area contributed by atoms with Gasteiger partial charge in [0.25, 0.3) is 0 Å². The molecule has 22 heavy (non-hydrogen) atoms. The Bertz CT molecular complexity index is 431. The average molecular weight is 307 g/mol. The van der Waals surface area contributed by atoms with Crippen LogP contribution in [0.15, 0.2) is 17.4 Å². The Morgan fingerprint density at radius 2 is 1.86 bits per heavy atom. The first-order valence-corrected chi connectivity index (χ1v) is 9.04. The van der Waals surface area contributed by atoms with Gasteiger partial charge in [0.2, 0.25) is 0 Å². The van der Waals surface area contributed by atoms with Crippen LogP contribution in [0.3, 0.4) is 0 Å². The van der Waals surface area contributed by atoms with Crippen molar-refractivity contribution in [3.63, 3.8) is 0 Å². The second kappa shape index (κ2) is 9.20. The van der Waals surface area contributed by atoms with E-state index in [1.807, 2.05) is 6.08 Å². The Morgan fingerprint density at radius 1 is 1.23 bits per heavy atom. The molecule has 0 aliphatic heterocycles. The van der Waals surface area contributed by atoms with E-state index in [1.54, 1.807) is 0 Å². The zero-order valence-corrected chi connectivity index (χ0v) is 15.8. The first-order chi connectivity index (χ1) is 10.4. The summed E-state index contributed by atoms with van der Waals surface area (Å²) in [7, 11) is 4.11. The van der Waals surface area contributed by atoms with Gasteiger partial charge in [-0.25, -0.2) is 4.58 Å². The highest BCUT2D eigenvalue weighted by Crippen LogP contribution is 2.35. The molecular weight excluding hydrogens is 270 g/mol. The van der Waals surface area contributed by atoms with Crippen molar-refractivity contribution < 1.29 is 9.31 Å². The molecule has 1 saturated carbocycles. The molecule has 0 aromatic heterocycles. The Labute approximate surface area is 138 Å². The lowest BCUT2D eigenvalue weighted by atomic mass is 9.75. The maximum Gasteiger partial charge on any atom is 0.370 e. The van der Waals surface area contributed by atoms with Crippen LogP contribution in [0.2, 0.25) is 0 Å². The molecule has 0 spiro atoms. The van der Waals surface area contributed by atoms with E-state index >= 15 is 0 Å². The minimum Gasteiger partial charge on any atom is -0.441 e. The number of rotatable bonds is 5. The fraction of sp³-hybridized carbons (Fsp3) is 0.800. The van der Waals surface area contributed by atoms with Crippen molar-refractivity contribution in [3.8, 4) is 0 Å². The average Bonchev–Trinajstić information content (AvgIpc) is 2.46. The molecule has 2 heteroatoms. The highest BCUT2D eigenvalue weighted by Gasteiger charge is 2.33. The van der Waals surface area contributed by atoms with Gasteiger partial charge in [-0.2, -0.15) is 0 Å². The van der Waals surface area contributed by atoms with Gasteiger partial charge in [0.05, 0.1) is 6.08 Å². The summed E-state index contributed by atoms with van der Waals surface area (Å²) in [5.41, 5.74) is 4.78. The third kappa shape index (κ3) is 5.65. The molecule has 1 aliphatic rings. The lowest BCUT2D eigenvalue weighted by molar-refractivity contribution is -0.474. The summed E-state index contributed by atoms with van der Waals surface area (Å²) in [6.07, 6.45) is 8.30. The minimum absolute atomic E-state index is 0.339. The number of hydrogen-bond acceptors (Lipinski definition) is 1. The number of hydrogen-bond donors (Lipinski definition) is 0. The molecule has 0 N–H and O–H groups in total. The van der Waals surface area contributed by atoms with Crippen LogP contribution in [-0.2, 0) is 4.74 Å². The van der Waals surface area contributed by atoms with Crippen LogP contribution in [0.4, 0.5) is 0 Å². The van der Waals surface area contributed by atoms with Crippen LogP contribution in [0, 0.1) is 17.8 Å². The Morgan fingerprint density at radius 3 is 2.36 bits per heavy atom. The summed E-state index contributed by atoms with van der Waals surface area (Å²) >= 11 is 0. The fourth-order valence-corrected chi connectivity index (χ4v) is 3.29. The molecule has 1 rings (SSSR count). The number of ether oxygens (including phenoxy) is 1. The van der Waals surface area contributed by atoms with Crippen molar-refractivity contribution in [2.24, 2.45) is 17.8 Å². The maximum absolute atomic E-state index is 6.45. The first-order valence-electron chi connectivity index (χ1n) is 9.04. The SMILES string of the molecule is CCC(=C=CC(O[C@@H]1C[C@H](C)CC[C@H]1C(C)C)=[N+](C)C)CC. The third-order valence-electron chi connectivity index (χ3n) is 4.93. The molecule has 0 bridgehead atoms. The molecule has 1 fully saturated rings. The lowest BCUT2D eigenvalue weighted by Crippen LogP contribution is -2.36. The van der Waals surface area contributed by atoms with Gasteiger partial charge in [-0.3, -0.25) is 0 Å². The molecule has 1 aliphatic carbocycles. The summed E-state index contributed by atoms with van der Waals surface area (Å²) in [5, 5.41) is 0. The van der Waals surface area contributed by atoms with Gasteiger partial charge < -0.3 is 4.74 Å². The van der Waals surface area contributed by atoms with Gasteiger partial charge in [-0.15, -0.1) is 5.73 Å². The topological polar surface area (TPSA) is 12.2 Å². The van der Waals surface area contributed by atoms with E-state index < -0.39 is 0 Å². The van der Waals surface area contributed by atoms with E-state index in [0.717, 1.165) is 24.7 Å². The van der Waals surface area contributed by atoms with Crippen LogP contribution < -0.4 is 0 Å². The van der Waals surface area contributed by atoms with Gasteiger partial charge in [-0.05, 0) is 49.0 Å². The summed E-state index contributed by atoms with van der Waals surface area (Å²) in [4.78, 5) is 0. The zero-order chi connectivity index (χ0) is 16.7. The van der Waals surface area contributed by atoms with Crippen LogP contribution in [0.1, 0.15) is 66.7 Å². The van der Waals surface area contributed by atoms with Crippen LogP contribution >= 0.6 is 0 Å². The van der Waals surface area contributed by atoms with Crippen LogP contribution in [0.25, 0.3) is 0 Å². The fourth-order valence-electron chi connectivity index (χ4n) is 3.29. The van der Waals surface area contributed by atoms with Gasteiger partial charge in [0.1, 0.15) is 20.2 Å². The second-order valence-corrected chi connectivity index (χ2v) is 7.31. The van der Waals surface area contributed by atoms with E-state index in [2.05, 4.69) is 59.0 Å². The van der Waals surface area contributed by atoms with Crippen LogP contribution in [0.5, 0.6) is 0 Å². The van der Waals surface area contributed by atoms with Gasteiger partial charge >= 0.3 is 5.90 Å². The van der Waals surface area contributed by atoms with Crippen molar-refractivity contribution in [1.82, 2.24) is 0 Å². The van der Waals surface area contributed by atoms with E-state index in [1.165, 1.54) is 24.8 Å². The summed E-state index contributed by atoms with van der Waals surface area (Å²) < 4.78 is 8.52. The summed E-state index contributed by atoms with van der Waals surface area (Å²) in [6, 6.07) is 0. The molecule has 3 atom stereocenters. The van der Waals surface area contributed by atoms with Gasteiger partial charge in [0, 0.05) is 0 Å². The predicted molar refractivity (Wildman–Crippen MR) is 95.5 cm³/mol. The van der Waals surface area contributed by atoms with Crippen molar-refractivity contribution in [2.45, 2.75) is 72.8 Å². The van der Waals surface area contributed by atoms with Crippen molar-refractivity contribution >= 4 is 5.90 Å². The highest BCUT2D eigenvalue weighted by atomic mass is 16.5. The molecular formula is C20H36NO+. The first kappa shape index (κ1) is 19.0. The number of nitrogens with zero attached hydrogens (tertiary/aromatic N) is 1. The summed E-state index contributed by atoms with van der Waals surface area (Å²) in [6.45, 7) is 11.4. The van der Waals surface area contributed by atoms with E-state index in [0.29, 0.717) is 17.9 Å². The lowest BCUT2D eigenvalue weighted by Gasteiger charge is -2.36. The molecule has 0 radical (unpaired) electrons. The van der Waals surface area contributed by atoms with E-state index in [9.17, 15) is 0 Å². The van der Waals surface area contributed by atoms with E-state index in [4.69, 9.17) is 4.74 Å². The molecule has 0 aromatic rings. The van der Waals surface area contributed by atoms with Gasteiger partial charge in [0.15, 0.2) is 0 Å². The molecule has 0 aromatic carbocycles. The largest absolute Gasteiger partial charge is 0.441 e. The van der Waals surface area contributed by atoms with Gasteiger partial charge in [-0.1, -0.05) is 41.0 Å². The monoisotopic (exact) mass is 306 g/mol. The normalized spacial score (nSPS) is 24.6. The molecule has 0 heterocycles. The smallest absolute Gasteiger partial charge is 0.370 e. The molecule has 0 saturated heterocycles. The second-order valence-electron chi connectivity index (χ2n) is 7.31. The predicted octanol–water partition coefficient (Wildman–Crippen LogP) is 5.04. The van der Waals surface area contributed by atoms with Crippen molar-refractivity contribution in [3.05, 3.63) is 17.4 Å². The zero-order valence-electron chi connectivity index (χ0n) is 15.8. The molecule has 126 valence electrons. The maximum atomic E-state index is 6.45. The molecule has 2 nitrogen and oxygen atoms in total. The Balaban J connectivity index is 2.94. The molecule has 0 unspecified atom stereocenters. The Hall–Kier alpha value is -1.01. The highest BCUT2D eigenvalue weighted by molar-refractivity contribution is 5.83. The Kier molecular flexibility index (Phi) is 7.96. The standard InChI is InChI=1S/C20H36NO/c1-8-17(9-2)11-13-20(21(6)7)22-19-14-16(5)10-12-18(19)15(3)4/h13,15-16,18-19H,8-10,12,14H2,1-7H3/q+1/t16-,18+,19-/m1/s1. The molecule has 0 amide bonds. The minimum atomic E-state index is 0.339.